The highest BCUT2D eigenvalue weighted by atomic mass is 19.1. The Morgan fingerprint density at radius 1 is 1.27 bits per heavy atom. The number of alkyl halides is 1. The van der Waals surface area contributed by atoms with Crippen LogP contribution in [0.5, 0.6) is 5.75 Å². The Labute approximate surface area is 89.1 Å². The molecule has 0 bridgehead atoms. The van der Waals surface area contributed by atoms with Crippen LogP contribution in [0.15, 0.2) is 24.3 Å². The van der Waals surface area contributed by atoms with E-state index in [-0.39, 0.29) is 5.41 Å². The van der Waals surface area contributed by atoms with Gasteiger partial charge in [-0.1, -0.05) is 32.9 Å². The number of rotatable bonds is 2. The maximum Gasteiger partial charge on any atom is 0.342 e. The summed E-state index contributed by atoms with van der Waals surface area (Å²) >= 11 is 0. The molecule has 1 aromatic carbocycles. The van der Waals surface area contributed by atoms with Gasteiger partial charge in [-0.2, -0.15) is 0 Å². The molecule has 0 fully saturated rings. The molecule has 0 amide bonds. The van der Waals surface area contributed by atoms with E-state index in [1.807, 2.05) is 12.1 Å². The van der Waals surface area contributed by atoms with Gasteiger partial charge in [-0.3, -0.25) is 0 Å². The van der Waals surface area contributed by atoms with Crippen LogP contribution in [0, 0.1) is 0 Å². The van der Waals surface area contributed by atoms with E-state index in [0.717, 1.165) is 5.56 Å². The zero-order valence-corrected chi connectivity index (χ0v) is 9.21. The summed E-state index contributed by atoms with van der Waals surface area (Å²) in [4.78, 5) is 10.7. The van der Waals surface area contributed by atoms with Gasteiger partial charge in [0.2, 0.25) is 0 Å². The number of carbonyl (C=O) groups is 1. The third-order valence-corrected chi connectivity index (χ3v) is 2.06. The molecule has 0 radical (unpaired) electrons. The van der Waals surface area contributed by atoms with E-state index in [4.69, 9.17) is 4.74 Å². The molecule has 2 nitrogen and oxygen atoms in total. The van der Waals surface area contributed by atoms with Crippen LogP contribution in [0.1, 0.15) is 26.3 Å². The third-order valence-electron chi connectivity index (χ3n) is 2.06. The molecule has 82 valence electrons. The lowest BCUT2D eigenvalue weighted by Crippen LogP contribution is -2.12. The second kappa shape index (κ2) is 4.43. The Morgan fingerprint density at radius 3 is 2.20 bits per heavy atom. The number of esters is 1. The Morgan fingerprint density at radius 2 is 1.80 bits per heavy atom. The number of hydrogen-bond acceptors (Lipinski definition) is 2. The minimum Gasteiger partial charge on any atom is -0.425 e. The Kier molecular flexibility index (Phi) is 3.45. The normalized spacial score (nSPS) is 11.2. The molecule has 1 aromatic rings. The van der Waals surface area contributed by atoms with E-state index in [0.29, 0.717) is 5.75 Å². The molecule has 3 heteroatoms. The van der Waals surface area contributed by atoms with E-state index in [2.05, 4.69) is 20.8 Å². The summed E-state index contributed by atoms with van der Waals surface area (Å²) in [5.41, 5.74) is 1.20. The maximum absolute atomic E-state index is 11.9. The van der Waals surface area contributed by atoms with Crippen LogP contribution in [0.4, 0.5) is 4.39 Å². The summed E-state index contributed by atoms with van der Waals surface area (Å²) in [7, 11) is 0. The molecule has 0 saturated carbocycles. The smallest absolute Gasteiger partial charge is 0.342 e. The summed E-state index contributed by atoms with van der Waals surface area (Å²) in [5, 5.41) is 0. The first-order valence-electron chi connectivity index (χ1n) is 4.80. The van der Waals surface area contributed by atoms with Crippen LogP contribution < -0.4 is 4.74 Å². The first kappa shape index (κ1) is 11.7. The lowest BCUT2D eigenvalue weighted by molar-refractivity contribution is -0.135. The molecule has 0 atom stereocenters. The number of carbonyl (C=O) groups excluding carboxylic acids is 1. The van der Waals surface area contributed by atoms with Crippen molar-refractivity contribution in [2.24, 2.45) is 0 Å². The molecule has 0 aromatic heterocycles. The third kappa shape index (κ3) is 3.35. The summed E-state index contributed by atoms with van der Waals surface area (Å²) in [6, 6.07) is 7.10. The summed E-state index contributed by atoms with van der Waals surface area (Å²) in [5.74, 6) is -0.482. The molecule has 1 rings (SSSR count). The molecule has 0 unspecified atom stereocenters. The van der Waals surface area contributed by atoms with Gasteiger partial charge >= 0.3 is 5.97 Å². The monoisotopic (exact) mass is 210 g/mol. The average Bonchev–Trinajstić information content (AvgIpc) is 2.17. The molecule has 0 heterocycles. The Bertz CT molecular complexity index is 336. The van der Waals surface area contributed by atoms with Crippen LogP contribution in [-0.4, -0.2) is 12.6 Å². The quantitative estimate of drug-likeness (QED) is 0.554. The van der Waals surface area contributed by atoms with Gasteiger partial charge in [0.25, 0.3) is 0 Å². The molecule has 0 saturated heterocycles. The standard InChI is InChI=1S/C12H15FO2/c1-12(2,3)9-4-6-10(7-5-9)15-11(14)8-13/h4-7H,8H2,1-3H3. The van der Waals surface area contributed by atoms with Crippen molar-refractivity contribution in [2.45, 2.75) is 26.2 Å². The lowest BCUT2D eigenvalue weighted by Gasteiger charge is -2.18. The van der Waals surface area contributed by atoms with Crippen molar-refractivity contribution in [1.29, 1.82) is 0 Å². The van der Waals surface area contributed by atoms with Gasteiger partial charge in [-0.15, -0.1) is 0 Å². The molecular formula is C12H15FO2. The van der Waals surface area contributed by atoms with Crippen molar-refractivity contribution in [1.82, 2.24) is 0 Å². The summed E-state index contributed by atoms with van der Waals surface area (Å²) < 4.78 is 16.6. The van der Waals surface area contributed by atoms with E-state index in [1.165, 1.54) is 0 Å². The van der Waals surface area contributed by atoms with Crippen molar-refractivity contribution in [3.05, 3.63) is 29.8 Å². The van der Waals surface area contributed by atoms with Crippen molar-refractivity contribution in [3.63, 3.8) is 0 Å². The van der Waals surface area contributed by atoms with E-state index >= 15 is 0 Å². The van der Waals surface area contributed by atoms with Crippen molar-refractivity contribution in [2.75, 3.05) is 6.67 Å². The van der Waals surface area contributed by atoms with Crippen LogP contribution >= 0.6 is 0 Å². The molecular weight excluding hydrogens is 195 g/mol. The van der Waals surface area contributed by atoms with Crippen LogP contribution in [-0.2, 0) is 10.2 Å². The fourth-order valence-corrected chi connectivity index (χ4v) is 1.18. The Balaban J connectivity index is 2.77. The molecule has 0 aliphatic carbocycles. The zero-order valence-electron chi connectivity index (χ0n) is 9.21. The van der Waals surface area contributed by atoms with Crippen molar-refractivity contribution in [3.8, 4) is 5.75 Å². The van der Waals surface area contributed by atoms with E-state index in [9.17, 15) is 9.18 Å². The largest absolute Gasteiger partial charge is 0.425 e. The highest BCUT2D eigenvalue weighted by Gasteiger charge is 2.13. The summed E-state index contributed by atoms with van der Waals surface area (Å²) in [6.07, 6.45) is 0. The topological polar surface area (TPSA) is 26.3 Å². The first-order chi connectivity index (χ1) is 6.93. The summed E-state index contributed by atoms with van der Waals surface area (Å²) in [6.45, 7) is 5.18. The maximum atomic E-state index is 11.9. The van der Waals surface area contributed by atoms with Gasteiger partial charge < -0.3 is 4.74 Å². The molecule has 15 heavy (non-hydrogen) atoms. The van der Waals surface area contributed by atoms with E-state index in [1.54, 1.807) is 12.1 Å². The second-order valence-electron chi connectivity index (χ2n) is 4.38. The van der Waals surface area contributed by atoms with Gasteiger partial charge in [-0.05, 0) is 23.1 Å². The first-order valence-corrected chi connectivity index (χ1v) is 4.80. The minimum absolute atomic E-state index is 0.0582. The number of ether oxygens (including phenoxy) is 1. The highest BCUT2D eigenvalue weighted by Crippen LogP contribution is 2.24. The SMILES string of the molecule is CC(C)(C)c1ccc(OC(=O)CF)cc1. The van der Waals surface area contributed by atoms with Crippen LogP contribution in [0.3, 0.4) is 0 Å². The minimum atomic E-state index is -1.10. The number of halogens is 1. The van der Waals surface area contributed by atoms with Gasteiger partial charge in [-0.25, -0.2) is 9.18 Å². The lowest BCUT2D eigenvalue weighted by atomic mass is 9.87. The predicted octanol–water partition coefficient (Wildman–Crippen LogP) is 2.86. The Hall–Kier alpha value is -1.38. The predicted molar refractivity (Wildman–Crippen MR) is 56.8 cm³/mol. The average molecular weight is 210 g/mol. The van der Waals surface area contributed by atoms with Crippen molar-refractivity contribution >= 4 is 5.97 Å². The number of hydrogen-bond donors (Lipinski definition) is 0. The van der Waals surface area contributed by atoms with Gasteiger partial charge in [0.15, 0.2) is 6.67 Å². The molecule has 0 aliphatic heterocycles. The van der Waals surface area contributed by atoms with Gasteiger partial charge in [0.1, 0.15) is 5.75 Å². The van der Waals surface area contributed by atoms with Crippen LogP contribution in [0.25, 0.3) is 0 Å². The second-order valence-corrected chi connectivity index (χ2v) is 4.38. The molecule has 0 spiro atoms. The van der Waals surface area contributed by atoms with Gasteiger partial charge in [0, 0.05) is 0 Å². The molecule has 0 N–H and O–H groups in total. The number of benzene rings is 1. The molecule has 0 aliphatic rings. The van der Waals surface area contributed by atoms with Gasteiger partial charge in [0.05, 0.1) is 0 Å². The highest BCUT2D eigenvalue weighted by molar-refractivity contribution is 5.73. The van der Waals surface area contributed by atoms with Crippen LogP contribution in [0.2, 0.25) is 0 Å². The fourth-order valence-electron chi connectivity index (χ4n) is 1.18. The fraction of sp³-hybridized carbons (Fsp3) is 0.417. The van der Waals surface area contributed by atoms with E-state index < -0.39 is 12.6 Å². The zero-order chi connectivity index (χ0) is 11.5. The van der Waals surface area contributed by atoms with Crippen molar-refractivity contribution < 1.29 is 13.9 Å².